The number of ether oxygens (including phenoxy) is 6. The summed E-state index contributed by atoms with van der Waals surface area (Å²) in [5, 5.41) is 0. The molecule has 2 atom stereocenters. The van der Waals surface area contributed by atoms with Gasteiger partial charge in [0.25, 0.3) is 0 Å². The van der Waals surface area contributed by atoms with Crippen LogP contribution in [0.5, 0.6) is 0 Å². The molecule has 22 heavy (non-hydrogen) atoms. The van der Waals surface area contributed by atoms with Gasteiger partial charge in [0, 0.05) is 6.61 Å². The third kappa shape index (κ3) is 7.67. The lowest BCUT2D eigenvalue weighted by atomic mass is 10.1. The van der Waals surface area contributed by atoms with Gasteiger partial charge in [0.2, 0.25) is 0 Å². The van der Waals surface area contributed by atoms with E-state index in [1.165, 1.54) is 0 Å². The Morgan fingerprint density at radius 2 is 1.27 bits per heavy atom. The summed E-state index contributed by atoms with van der Waals surface area (Å²) < 4.78 is 33.6. The first-order valence-corrected chi connectivity index (χ1v) is 8.16. The number of hydrogen-bond donors (Lipinski definition) is 0. The zero-order valence-electron chi connectivity index (χ0n) is 13.2. The van der Waals surface area contributed by atoms with Gasteiger partial charge in [0.1, 0.15) is 6.10 Å². The Bertz CT molecular complexity index is 296. The van der Waals surface area contributed by atoms with E-state index in [4.69, 9.17) is 28.4 Å². The minimum Gasteiger partial charge on any atom is -0.377 e. The molecule has 2 rings (SSSR count). The van der Waals surface area contributed by atoms with Crippen LogP contribution in [0, 0.1) is 0 Å². The summed E-state index contributed by atoms with van der Waals surface area (Å²) in [7, 11) is 0. The molecule has 0 aliphatic carbocycles. The van der Waals surface area contributed by atoms with Crippen molar-refractivity contribution in [3.63, 3.8) is 0 Å². The Balaban J connectivity index is 1.74. The van der Waals surface area contributed by atoms with Crippen molar-refractivity contribution in [2.75, 3.05) is 66.1 Å². The summed E-state index contributed by atoms with van der Waals surface area (Å²) in [4.78, 5) is 0. The molecule has 0 spiro atoms. The number of hydrogen-bond acceptors (Lipinski definition) is 6. The van der Waals surface area contributed by atoms with Gasteiger partial charge in [-0.25, -0.2) is 0 Å². The van der Waals surface area contributed by atoms with E-state index in [-0.39, 0.29) is 12.2 Å². The lowest BCUT2D eigenvalue weighted by Gasteiger charge is -2.31. The summed E-state index contributed by atoms with van der Waals surface area (Å²) >= 11 is 0. The highest BCUT2D eigenvalue weighted by atomic mass is 16.6. The van der Waals surface area contributed by atoms with Crippen LogP contribution in [0.4, 0.5) is 0 Å². The Labute approximate surface area is 132 Å². The molecule has 1 fully saturated rings. The van der Waals surface area contributed by atoms with E-state index < -0.39 is 0 Å². The van der Waals surface area contributed by atoms with Gasteiger partial charge < -0.3 is 28.4 Å². The largest absolute Gasteiger partial charge is 0.377 e. The highest BCUT2D eigenvalue weighted by Crippen LogP contribution is 2.17. The first-order valence-electron chi connectivity index (χ1n) is 8.16. The van der Waals surface area contributed by atoms with E-state index in [0.717, 1.165) is 19.4 Å². The summed E-state index contributed by atoms with van der Waals surface area (Å²) in [6, 6.07) is 0. The molecule has 0 aromatic rings. The fourth-order valence-corrected chi connectivity index (χ4v) is 2.38. The predicted molar refractivity (Wildman–Crippen MR) is 81.1 cm³/mol. The average Bonchev–Trinajstić information content (AvgIpc) is 2.55. The minimum atomic E-state index is 0.0145. The summed E-state index contributed by atoms with van der Waals surface area (Å²) in [6.45, 7) is 5.97. The quantitative estimate of drug-likeness (QED) is 0.626. The molecule has 0 bridgehead atoms. The monoisotopic (exact) mass is 316 g/mol. The topological polar surface area (TPSA) is 55.4 Å². The van der Waals surface area contributed by atoms with Gasteiger partial charge in [0.05, 0.1) is 65.6 Å². The number of rotatable bonds is 0. The smallest absolute Gasteiger partial charge is 0.107 e. The van der Waals surface area contributed by atoms with Crippen LogP contribution in [0.25, 0.3) is 0 Å². The molecule has 128 valence electrons. The van der Waals surface area contributed by atoms with Gasteiger partial charge in [-0.1, -0.05) is 12.2 Å². The maximum absolute atomic E-state index is 5.89. The first kappa shape index (κ1) is 17.8. The molecule has 1 saturated heterocycles. The summed E-state index contributed by atoms with van der Waals surface area (Å²) in [5.74, 6) is 0. The zero-order valence-corrected chi connectivity index (χ0v) is 13.2. The van der Waals surface area contributed by atoms with Crippen molar-refractivity contribution >= 4 is 0 Å². The highest BCUT2D eigenvalue weighted by Gasteiger charge is 2.26. The van der Waals surface area contributed by atoms with E-state index in [0.29, 0.717) is 59.5 Å². The molecule has 6 heteroatoms. The fourth-order valence-electron chi connectivity index (χ4n) is 2.38. The van der Waals surface area contributed by atoms with Crippen LogP contribution in [0.1, 0.15) is 12.8 Å². The van der Waals surface area contributed by atoms with Gasteiger partial charge in [-0.05, 0) is 12.8 Å². The molecular weight excluding hydrogens is 288 g/mol. The van der Waals surface area contributed by atoms with Crippen LogP contribution in [0.3, 0.4) is 0 Å². The van der Waals surface area contributed by atoms with Crippen LogP contribution >= 0.6 is 0 Å². The predicted octanol–water partition coefficient (Wildman–Crippen LogP) is 1.19. The lowest BCUT2D eigenvalue weighted by molar-refractivity contribution is -0.129. The fraction of sp³-hybridized carbons (Fsp3) is 0.875. The molecule has 0 unspecified atom stereocenters. The second-order valence-electron chi connectivity index (χ2n) is 5.27. The van der Waals surface area contributed by atoms with E-state index in [1.807, 2.05) is 12.2 Å². The van der Waals surface area contributed by atoms with Crippen LogP contribution < -0.4 is 0 Å². The molecule has 0 N–H and O–H groups in total. The Morgan fingerprint density at radius 3 is 2.09 bits per heavy atom. The normalized spacial score (nSPS) is 32.4. The summed E-state index contributed by atoms with van der Waals surface area (Å²) in [6.07, 6.45) is 6.14. The van der Waals surface area contributed by atoms with Gasteiger partial charge in [-0.2, -0.15) is 0 Å². The zero-order chi connectivity index (χ0) is 15.3. The van der Waals surface area contributed by atoms with Crippen molar-refractivity contribution in [1.82, 2.24) is 0 Å². The molecule has 6 nitrogen and oxygen atoms in total. The molecule has 2 aliphatic rings. The second kappa shape index (κ2) is 12.0. The Hall–Kier alpha value is -0.500. The molecule has 0 amide bonds. The third-order valence-electron chi connectivity index (χ3n) is 3.56. The minimum absolute atomic E-state index is 0.0145. The molecular formula is C16H28O6. The maximum Gasteiger partial charge on any atom is 0.107 e. The van der Waals surface area contributed by atoms with Crippen LogP contribution in [-0.2, 0) is 28.4 Å². The van der Waals surface area contributed by atoms with Crippen LogP contribution in [0.15, 0.2) is 12.2 Å². The first-order chi connectivity index (χ1) is 11.0. The molecule has 0 aromatic heterocycles. The second-order valence-corrected chi connectivity index (χ2v) is 5.27. The Kier molecular flexibility index (Phi) is 9.73. The molecule has 0 radical (unpaired) electrons. The van der Waals surface area contributed by atoms with Crippen LogP contribution in [0.2, 0.25) is 0 Å². The van der Waals surface area contributed by atoms with Crippen molar-refractivity contribution in [1.29, 1.82) is 0 Å². The van der Waals surface area contributed by atoms with E-state index >= 15 is 0 Å². The molecule has 2 aliphatic heterocycles. The summed E-state index contributed by atoms with van der Waals surface area (Å²) in [5.41, 5.74) is 0. The van der Waals surface area contributed by atoms with Gasteiger partial charge >= 0.3 is 0 Å². The molecule has 0 saturated carbocycles. The van der Waals surface area contributed by atoms with E-state index in [9.17, 15) is 0 Å². The molecule has 2 heterocycles. The van der Waals surface area contributed by atoms with E-state index in [2.05, 4.69) is 0 Å². The Morgan fingerprint density at radius 1 is 0.591 bits per heavy atom. The van der Waals surface area contributed by atoms with Crippen LogP contribution in [-0.4, -0.2) is 78.3 Å². The van der Waals surface area contributed by atoms with Gasteiger partial charge in [-0.15, -0.1) is 0 Å². The lowest BCUT2D eigenvalue weighted by Crippen LogP contribution is -2.40. The maximum atomic E-state index is 5.89. The molecule has 0 aromatic carbocycles. The van der Waals surface area contributed by atoms with E-state index in [1.54, 1.807) is 0 Å². The van der Waals surface area contributed by atoms with Crippen molar-refractivity contribution in [3.8, 4) is 0 Å². The standard InChI is InChI=1S/C16H28O6/c1-2-6-21-15-4-3-7-22-16(15)14-20-13-12-19-11-10-18-9-8-17-5-1/h1-2,15-16H,3-14H2/b2-1-/t15-,16+/m0/s1. The van der Waals surface area contributed by atoms with Crippen molar-refractivity contribution < 1.29 is 28.4 Å². The van der Waals surface area contributed by atoms with Gasteiger partial charge in [0.15, 0.2) is 0 Å². The average molecular weight is 316 g/mol. The van der Waals surface area contributed by atoms with Crippen molar-refractivity contribution in [2.45, 2.75) is 25.0 Å². The third-order valence-corrected chi connectivity index (χ3v) is 3.56. The van der Waals surface area contributed by atoms with Crippen molar-refractivity contribution in [3.05, 3.63) is 12.2 Å². The highest BCUT2D eigenvalue weighted by molar-refractivity contribution is 4.83. The number of fused-ring (bicyclic) bond motifs is 1. The SMILES string of the molecule is C1=C\CO[C@H]2CCCO[C@@H]2COCCOCCOCCOC/1. The van der Waals surface area contributed by atoms with Crippen molar-refractivity contribution in [2.24, 2.45) is 0 Å². The van der Waals surface area contributed by atoms with Gasteiger partial charge in [-0.3, -0.25) is 0 Å².